The van der Waals surface area contributed by atoms with Crippen LogP contribution in [0.2, 0.25) is 0 Å². The Bertz CT molecular complexity index is 566. The molecule has 1 amide bonds. The van der Waals surface area contributed by atoms with Crippen LogP contribution in [0.15, 0.2) is 24.3 Å². The normalized spacial score (nSPS) is 16.6. The van der Waals surface area contributed by atoms with E-state index >= 15 is 0 Å². The maximum atomic E-state index is 12.4. The van der Waals surface area contributed by atoms with Crippen molar-refractivity contribution >= 4 is 11.9 Å². The number of carboxylic acids is 1. The molecule has 0 bridgehead atoms. The third kappa shape index (κ3) is 4.96. The van der Waals surface area contributed by atoms with Gasteiger partial charge in [0.2, 0.25) is 0 Å². The number of ether oxygens (including phenoxy) is 2. The van der Waals surface area contributed by atoms with E-state index in [1.54, 1.807) is 24.3 Å². The summed E-state index contributed by atoms with van der Waals surface area (Å²) < 4.78 is 10.9. The van der Waals surface area contributed by atoms with Crippen molar-refractivity contribution < 1.29 is 24.2 Å². The van der Waals surface area contributed by atoms with Crippen molar-refractivity contribution in [3.63, 3.8) is 0 Å². The molecule has 0 radical (unpaired) electrons. The van der Waals surface area contributed by atoms with E-state index in [2.05, 4.69) is 5.32 Å². The number of benzene rings is 1. The van der Waals surface area contributed by atoms with Gasteiger partial charge in [0.15, 0.2) is 0 Å². The Morgan fingerprint density at radius 1 is 1.29 bits per heavy atom. The number of nitrogens with one attached hydrogen (secondary N) is 1. The van der Waals surface area contributed by atoms with Crippen molar-refractivity contribution in [2.45, 2.75) is 32.8 Å². The van der Waals surface area contributed by atoms with Crippen molar-refractivity contribution in [3.05, 3.63) is 29.8 Å². The van der Waals surface area contributed by atoms with Crippen LogP contribution in [-0.2, 0) is 9.53 Å². The second-order valence-corrected chi connectivity index (χ2v) is 6.27. The minimum atomic E-state index is -0.881. The Kier molecular flexibility index (Phi) is 6.61. The van der Waals surface area contributed by atoms with E-state index < -0.39 is 11.9 Å². The number of rotatable bonds is 7. The van der Waals surface area contributed by atoms with Gasteiger partial charge in [-0.15, -0.1) is 0 Å². The quantitative estimate of drug-likeness (QED) is 0.799. The molecule has 24 heavy (non-hydrogen) atoms. The standard InChI is InChI=1S/C18H25NO5/c1-12(2)24-16-6-4-3-5-14(16)17(20)19-11-15(18(21)22)13-7-9-23-10-8-13/h3-6,12-13,15H,7-11H2,1-2H3,(H,19,20)(H,21,22). The minimum absolute atomic E-state index is 0.0266. The molecule has 1 fully saturated rings. The van der Waals surface area contributed by atoms with Crippen LogP contribution in [0.5, 0.6) is 5.75 Å². The average molecular weight is 335 g/mol. The molecular formula is C18H25NO5. The van der Waals surface area contributed by atoms with E-state index in [4.69, 9.17) is 9.47 Å². The summed E-state index contributed by atoms with van der Waals surface area (Å²) in [5, 5.41) is 12.2. The van der Waals surface area contributed by atoms with Gasteiger partial charge in [-0.2, -0.15) is 0 Å². The molecule has 1 unspecified atom stereocenters. The molecule has 6 heteroatoms. The lowest BCUT2D eigenvalue weighted by Gasteiger charge is -2.27. The molecule has 6 nitrogen and oxygen atoms in total. The van der Waals surface area contributed by atoms with Crippen LogP contribution in [0.1, 0.15) is 37.0 Å². The fourth-order valence-electron chi connectivity index (χ4n) is 2.88. The SMILES string of the molecule is CC(C)Oc1ccccc1C(=O)NCC(C(=O)O)C1CCOCC1. The summed E-state index contributed by atoms with van der Waals surface area (Å²) >= 11 is 0. The van der Waals surface area contributed by atoms with Crippen molar-refractivity contribution in [2.75, 3.05) is 19.8 Å². The van der Waals surface area contributed by atoms with Gasteiger partial charge in [-0.25, -0.2) is 0 Å². The van der Waals surface area contributed by atoms with Gasteiger partial charge in [0.05, 0.1) is 17.6 Å². The van der Waals surface area contributed by atoms with E-state index in [0.29, 0.717) is 37.4 Å². The number of carbonyl (C=O) groups is 2. The van der Waals surface area contributed by atoms with Gasteiger partial charge in [0.1, 0.15) is 5.75 Å². The number of aliphatic carboxylic acids is 1. The molecule has 0 spiro atoms. The van der Waals surface area contributed by atoms with Crippen molar-refractivity contribution in [1.29, 1.82) is 0 Å². The van der Waals surface area contributed by atoms with Crippen LogP contribution in [-0.4, -0.2) is 42.8 Å². The van der Waals surface area contributed by atoms with Crippen LogP contribution < -0.4 is 10.1 Å². The summed E-state index contributed by atoms with van der Waals surface area (Å²) in [6.07, 6.45) is 1.37. The molecule has 1 atom stereocenters. The van der Waals surface area contributed by atoms with E-state index in [1.807, 2.05) is 13.8 Å². The van der Waals surface area contributed by atoms with Gasteiger partial charge in [0.25, 0.3) is 5.91 Å². The molecule has 1 aliphatic heterocycles. The van der Waals surface area contributed by atoms with E-state index in [-0.39, 0.29) is 24.5 Å². The number of amides is 1. The highest BCUT2D eigenvalue weighted by Crippen LogP contribution is 2.24. The van der Waals surface area contributed by atoms with E-state index in [9.17, 15) is 14.7 Å². The molecule has 1 aliphatic rings. The molecule has 0 aromatic heterocycles. The maximum Gasteiger partial charge on any atom is 0.308 e. The summed E-state index contributed by atoms with van der Waals surface area (Å²) in [6.45, 7) is 5.04. The van der Waals surface area contributed by atoms with Gasteiger partial charge >= 0.3 is 5.97 Å². The highest BCUT2D eigenvalue weighted by Gasteiger charge is 2.30. The van der Waals surface area contributed by atoms with Crippen LogP contribution in [0, 0.1) is 11.8 Å². The maximum absolute atomic E-state index is 12.4. The monoisotopic (exact) mass is 335 g/mol. The molecule has 1 heterocycles. The number of para-hydroxylation sites is 1. The smallest absolute Gasteiger partial charge is 0.308 e. The number of carbonyl (C=O) groups excluding carboxylic acids is 1. The summed E-state index contributed by atoms with van der Waals surface area (Å²) in [7, 11) is 0. The van der Waals surface area contributed by atoms with Crippen LogP contribution in [0.25, 0.3) is 0 Å². The Hall–Kier alpha value is -2.08. The Balaban J connectivity index is 2.02. The van der Waals surface area contributed by atoms with Crippen molar-refractivity contribution in [2.24, 2.45) is 11.8 Å². The summed E-state index contributed by atoms with van der Waals surface area (Å²) in [4.78, 5) is 24.0. The number of carboxylic acid groups (broad SMARTS) is 1. The zero-order valence-corrected chi connectivity index (χ0v) is 14.2. The fraction of sp³-hybridized carbons (Fsp3) is 0.556. The Morgan fingerprint density at radius 2 is 1.96 bits per heavy atom. The van der Waals surface area contributed by atoms with Gasteiger partial charge in [0, 0.05) is 19.8 Å². The van der Waals surface area contributed by atoms with Gasteiger partial charge in [-0.3, -0.25) is 9.59 Å². The summed E-state index contributed by atoms with van der Waals surface area (Å²) in [6, 6.07) is 6.98. The third-order valence-corrected chi connectivity index (χ3v) is 4.13. The first-order chi connectivity index (χ1) is 11.5. The summed E-state index contributed by atoms with van der Waals surface area (Å²) in [5.74, 6) is -1.27. The average Bonchev–Trinajstić information content (AvgIpc) is 2.55. The predicted octanol–water partition coefficient (Wildman–Crippen LogP) is 2.33. The predicted molar refractivity (Wildman–Crippen MR) is 89.2 cm³/mol. The van der Waals surface area contributed by atoms with E-state index in [0.717, 1.165) is 0 Å². The highest BCUT2D eigenvalue weighted by atomic mass is 16.5. The van der Waals surface area contributed by atoms with Gasteiger partial charge in [-0.1, -0.05) is 12.1 Å². The lowest BCUT2D eigenvalue weighted by atomic mass is 9.86. The minimum Gasteiger partial charge on any atom is -0.490 e. The molecule has 0 aliphatic carbocycles. The van der Waals surface area contributed by atoms with Crippen LogP contribution >= 0.6 is 0 Å². The number of hydrogen-bond donors (Lipinski definition) is 2. The third-order valence-electron chi connectivity index (χ3n) is 4.13. The number of hydrogen-bond acceptors (Lipinski definition) is 4. The van der Waals surface area contributed by atoms with Gasteiger partial charge in [-0.05, 0) is 44.7 Å². The molecule has 1 aromatic carbocycles. The first-order valence-corrected chi connectivity index (χ1v) is 8.33. The van der Waals surface area contributed by atoms with Crippen LogP contribution in [0.4, 0.5) is 0 Å². The van der Waals surface area contributed by atoms with Crippen molar-refractivity contribution in [1.82, 2.24) is 5.32 Å². The fourth-order valence-corrected chi connectivity index (χ4v) is 2.88. The lowest BCUT2D eigenvalue weighted by Crippen LogP contribution is -2.39. The topological polar surface area (TPSA) is 84.9 Å². The Morgan fingerprint density at radius 3 is 2.58 bits per heavy atom. The highest BCUT2D eigenvalue weighted by molar-refractivity contribution is 5.97. The zero-order chi connectivity index (χ0) is 17.5. The lowest BCUT2D eigenvalue weighted by molar-refractivity contribution is -0.144. The molecule has 2 rings (SSSR count). The first-order valence-electron chi connectivity index (χ1n) is 8.33. The molecule has 1 aromatic rings. The molecule has 1 saturated heterocycles. The van der Waals surface area contributed by atoms with Crippen LogP contribution in [0.3, 0.4) is 0 Å². The second-order valence-electron chi connectivity index (χ2n) is 6.27. The molecular weight excluding hydrogens is 310 g/mol. The molecule has 132 valence electrons. The van der Waals surface area contributed by atoms with E-state index in [1.165, 1.54) is 0 Å². The second kappa shape index (κ2) is 8.68. The first kappa shape index (κ1) is 18.3. The Labute approximate surface area is 142 Å². The largest absolute Gasteiger partial charge is 0.490 e. The van der Waals surface area contributed by atoms with Gasteiger partial charge < -0.3 is 19.9 Å². The molecule has 0 saturated carbocycles. The summed E-state index contributed by atoms with van der Waals surface area (Å²) in [5.41, 5.74) is 0.419. The molecule has 2 N–H and O–H groups in total. The van der Waals surface area contributed by atoms with Crippen molar-refractivity contribution in [3.8, 4) is 5.75 Å². The zero-order valence-electron chi connectivity index (χ0n) is 14.2.